The molecular weight excluding hydrogens is 260 g/mol. The van der Waals surface area contributed by atoms with Gasteiger partial charge in [0.1, 0.15) is 0 Å². The van der Waals surface area contributed by atoms with Crippen LogP contribution in [-0.2, 0) is 4.74 Å². The second-order valence-corrected chi connectivity index (χ2v) is 5.67. The Bertz CT molecular complexity index is 504. The van der Waals surface area contributed by atoms with Crippen molar-refractivity contribution in [1.82, 2.24) is 10.3 Å². The zero-order valence-corrected chi connectivity index (χ0v) is 12.4. The second-order valence-electron chi connectivity index (χ2n) is 5.67. The lowest BCUT2D eigenvalue weighted by atomic mass is 9.98. The van der Waals surface area contributed by atoms with E-state index in [0.29, 0.717) is 12.1 Å². The van der Waals surface area contributed by atoms with Crippen LogP contribution in [0.2, 0.25) is 0 Å². The van der Waals surface area contributed by atoms with Gasteiger partial charge in [0.05, 0.1) is 17.8 Å². The van der Waals surface area contributed by atoms with Crippen LogP contribution in [0.1, 0.15) is 37.1 Å². The quantitative estimate of drug-likeness (QED) is 0.934. The number of ether oxygens (including phenoxy) is 1. The molecule has 3 heteroatoms. The first-order valence-corrected chi connectivity index (χ1v) is 7.66. The lowest BCUT2D eigenvalue weighted by Crippen LogP contribution is -2.40. The minimum atomic E-state index is 0.141. The molecule has 110 valence electrons. The van der Waals surface area contributed by atoms with Crippen LogP contribution in [0, 0.1) is 0 Å². The maximum atomic E-state index is 5.65. The van der Waals surface area contributed by atoms with Crippen molar-refractivity contribution < 1.29 is 4.74 Å². The van der Waals surface area contributed by atoms with Crippen LogP contribution in [0.15, 0.2) is 54.7 Å². The van der Waals surface area contributed by atoms with Gasteiger partial charge in [-0.25, -0.2) is 0 Å². The number of nitrogens with zero attached hydrogens (tertiary/aromatic N) is 1. The number of aromatic nitrogens is 1. The zero-order chi connectivity index (χ0) is 14.5. The van der Waals surface area contributed by atoms with Crippen molar-refractivity contribution in [3.05, 3.63) is 66.0 Å². The molecule has 2 aromatic rings. The molecule has 0 bridgehead atoms. The minimum absolute atomic E-state index is 0.141. The van der Waals surface area contributed by atoms with E-state index in [4.69, 9.17) is 4.74 Å². The molecule has 0 radical (unpaired) electrons. The average Bonchev–Trinajstić information content (AvgIpc) is 2.54. The molecule has 0 amide bonds. The maximum Gasteiger partial charge on any atom is 0.0753 e. The highest BCUT2D eigenvalue weighted by Crippen LogP contribution is 2.23. The molecule has 3 rings (SSSR count). The van der Waals surface area contributed by atoms with Crippen molar-refractivity contribution in [3.8, 4) is 0 Å². The highest BCUT2D eigenvalue weighted by atomic mass is 16.5. The number of rotatable bonds is 4. The lowest BCUT2D eigenvalue weighted by molar-refractivity contribution is 0.0119. The molecule has 1 aromatic heterocycles. The fourth-order valence-electron chi connectivity index (χ4n) is 2.93. The van der Waals surface area contributed by atoms with Crippen molar-refractivity contribution in [1.29, 1.82) is 0 Å². The van der Waals surface area contributed by atoms with Crippen LogP contribution >= 0.6 is 0 Å². The molecule has 1 aromatic carbocycles. The third-order valence-electron chi connectivity index (χ3n) is 4.00. The molecule has 1 N–H and O–H groups in total. The Balaban J connectivity index is 1.83. The van der Waals surface area contributed by atoms with Gasteiger partial charge >= 0.3 is 0 Å². The lowest BCUT2D eigenvalue weighted by Gasteiger charge is -2.31. The molecule has 2 heterocycles. The van der Waals surface area contributed by atoms with Crippen LogP contribution in [0.3, 0.4) is 0 Å². The molecule has 0 saturated carbocycles. The summed E-state index contributed by atoms with van der Waals surface area (Å²) in [4.78, 5) is 4.55. The Morgan fingerprint density at radius 2 is 1.95 bits per heavy atom. The fraction of sp³-hybridized carbons (Fsp3) is 0.389. The smallest absolute Gasteiger partial charge is 0.0753 e. The Hall–Kier alpha value is -1.71. The molecule has 0 spiro atoms. The third kappa shape index (κ3) is 3.69. The van der Waals surface area contributed by atoms with Gasteiger partial charge in [-0.15, -0.1) is 0 Å². The van der Waals surface area contributed by atoms with Crippen molar-refractivity contribution in [2.24, 2.45) is 0 Å². The van der Waals surface area contributed by atoms with Crippen molar-refractivity contribution in [2.75, 3.05) is 6.61 Å². The largest absolute Gasteiger partial charge is 0.378 e. The van der Waals surface area contributed by atoms with E-state index < -0.39 is 0 Å². The van der Waals surface area contributed by atoms with E-state index in [1.165, 1.54) is 5.56 Å². The number of benzene rings is 1. The van der Waals surface area contributed by atoms with Gasteiger partial charge in [-0.2, -0.15) is 0 Å². The summed E-state index contributed by atoms with van der Waals surface area (Å²) >= 11 is 0. The number of pyridine rings is 1. The third-order valence-corrected chi connectivity index (χ3v) is 4.00. The summed E-state index contributed by atoms with van der Waals surface area (Å²) in [6.07, 6.45) is 4.30. The summed E-state index contributed by atoms with van der Waals surface area (Å²) in [5.74, 6) is 0. The van der Waals surface area contributed by atoms with Crippen LogP contribution in [-0.4, -0.2) is 23.7 Å². The standard InChI is InChI=1S/C18H22N2O/c1-14-13-16(10-12-21-14)20-18(15-7-3-2-4-8-15)17-9-5-6-11-19-17/h2-9,11,14,16,18,20H,10,12-13H2,1H3. The Labute approximate surface area is 126 Å². The number of hydrogen-bond acceptors (Lipinski definition) is 3. The maximum absolute atomic E-state index is 5.65. The van der Waals surface area contributed by atoms with Crippen LogP contribution in [0.4, 0.5) is 0 Å². The van der Waals surface area contributed by atoms with Crippen molar-refractivity contribution >= 4 is 0 Å². The van der Waals surface area contributed by atoms with E-state index in [0.717, 1.165) is 25.1 Å². The molecule has 3 nitrogen and oxygen atoms in total. The van der Waals surface area contributed by atoms with Gasteiger partial charge < -0.3 is 10.1 Å². The van der Waals surface area contributed by atoms with E-state index in [2.05, 4.69) is 53.6 Å². The molecule has 1 aliphatic rings. The van der Waals surface area contributed by atoms with Gasteiger partial charge in [0, 0.05) is 18.8 Å². The molecule has 1 aliphatic heterocycles. The Kier molecular flexibility index (Phi) is 4.63. The van der Waals surface area contributed by atoms with E-state index >= 15 is 0 Å². The van der Waals surface area contributed by atoms with Gasteiger partial charge in [0.2, 0.25) is 0 Å². The molecule has 21 heavy (non-hydrogen) atoms. The second kappa shape index (κ2) is 6.83. The molecule has 1 fully saturated rings. The summed E-state index contributed by atoms with van der Waals surface area (Å²) in [5, 5.41) is 3.78. The first kappa shape index (κ1) is 14.2. The molecule has 3 unspecified atom stereocenters. The van der Waals surface area contributed by atoms with Gasteiger partial charge in [-0.3, -0.25) is 4.98 Å². The predicted octanol–water partition coefficient (Wildman–Crippen LogP) is 3.33. The SMILES string of the molecule is CC1CC(NC(c2ccccc2)c2ccccn2)CCO1. The summed E-state index contributed by atoms with van der Waals surface area (Å²) in [6, 6.07) is 17.3. The summed E-state index contributed by atoms with van der Waals surface area (Å²) in [6.45, 7) is 2.98. The average molecular weight is 282 g/mol. The Morgan fingerprint density at radius 1 is 1.14 bits per heavy atom. The Morgan fingerprint density at radius 3 is 2.67 bits per heavy atom. The van der Waals surface area contributed by atoms with Crippen LogP contribution in [0.25, 0.3) is 0 Å². The predicted molar refractivity (Wildman–Crippen MR) is 84.1 cm³/mol. The summed E-state index contributed by atoms with van der Waals surface area (Å²) in [5.41, 5.74) is 2.33. The summed E-state index contributed by atoms with van der Waals surface area (Å²) < 4.78 is 5.65. The molecule has 3 atom stereocenters. The van der Waals surface area contributed by atoms with E-state index in [9.17, 15) is 0 Å². The van der Waals surface area contributed by atoms with Gasteiger partial charge in [0.15, 0.2) is 0 Å². The molecular formula is C18H22N2O. The summed E-state index contributed by atoms with van der Waals surface area (Å²) in [7, 11) is 0. The first-order valence-electron chi connectivity index (χ1n) is 7.66. The monoisotopic (exact) mass is 282 g/mol. The van der Waals surface area contributed by atoms with E-state index in [-0.39, 0.29) is 6.04 Å². The fourth-order valence-corrected chi connectivity index (χ4v) is 2.93. The number of hydrogen-bond donors (Lipinski definition) is 1. The number of nitrogens with one attached hydrogen (secondary N) is 1. The van der Waals surface area contributed by atoms with Gasteiger partial charge in [-0.1, -0.05) is 36.4 Å². The zero-order valence-electron chi connectivity index (χ0n) is 12.4. The molecule has 1 saturated heterocycles. The van der Waals surface area contributed by atoms with Gasteiger partial charge in [0.25, 0.3) is 0 Å². The topological polar surface area (TPSA) is 34.2 Å². The highest BCUT2D eigenvalue weighted by Gasteiger charge is 2.24. The highest BCUT2D eigenvalue weighted by molar-refractivity contribution is 5.27. The van der Waals surface area contributed by atoms with Crippen molar-refractivity contribution in [2.45, 2.75) is 38.0 Å². The minimum Gasteiger partial charge on any atom is -0.378 e. The molecule has 0 aliphatic carbocycles. The van der Waals surface area contributed by atoms with E-state index in [1.807, 2.05) is 18.3 Å². The first-order chi connectivity index (χ1) is 10.3. The van der Waals surface area contributed by atoms with Crippen LogP contribution in [0.5, 0.6) is 0 Å². The van der Waals surface area contributed by atoms with Crippen molar-refractivity contribution in [3.63, 3.8) is 0 Å². The van der Waals surface area contributed by atoms with E-state index in [1.54, 1.807) is 0 Å². The van der Waals surface area contributed by atoms with Crippen LogP contribution < -0.4 is 5.32 Å². The normalized spacial score (nSPS) is 23.7. The van der Waals surface area contributed by atoms with Gasteiger partial charge in [-0.05, 0) is 37.5 Å².